The van der Waals surface area contributed by atoms with Crippen LogP contribution in [0.5, 0.6) is 0 Å². The van der Waals surface area contributed by atoms with Gasteiger partial charge in [-0.25, -0.2) is 0 Å². The Hall–Kier alpha value is 0.260. The number of nitrogens with one attached hydrogen (secondary N) is 1. The van der Waals surface area contributed by atoms with Crippen molar-refractivity contribution in [1.29, 1.82) is 0 Å². The van der Waals surface area contributed by atoms with Gasteiger partial charge < -0.3 is 10.4 Å². The van der Waals surface area contributed by atoms with Gasteiger partial charge in [0.15, 0.2) is 0 Å². The molecule has 0 fully saturated rings. The average Bonchev–Trinajstić information content (AvgIpc) is 2.21. The predicted octanol–water partition coefficient (Wildman–Crippen LogP) is 3.31. The molecule has 1 rings (SSSR count). The van der Waals surface area contributed by atoms with Crippen molar-refractivity contribution in [1.82, 2.24) is 5.32 Å². The van der Waals surface area contributed by atoms with Gasteiger partial charge in [0.05, 0.1) is 5.60 Å². The van der Waals surface area contributed by atoms with Crippen LogP contribution in [0.2, 0.25) is 5.02 Å². The van der Waals surface area contributed by atoms with E-state index in [1.165, 1.54) is 0 Å². The van der Waals surface area contributed by atoms with E-state index in [0.29, 0.717) is 18.8 Å². The minimum atomic E-state index is -0.679. The molecule has 0 radical (unpaired) electrons. The fourth-order valence-corrected chi connectivity index (χ4v) is 2.96. The van der Waals surface area contributed by atoms with E-state index in [1.54, 1.807) is 11.8 Å². The number of benzene rings is 1. The maximum absolute atomic E-state index is 9.98. The number of aliphatic hydroxyl groups is 1. The van der Waals surface area contributed by atoms with E-state index in [4.69, 9.17) is 11.6 Å². The Balaban J connectivity index is 2.46. The summed E-state index contributed by atoms with van der Waals surface area (Å²) in [4.78, 5) is 0. The van der Waals surface area contributed by atoms with Gasteiger partial charge in [0, 0.05) is 28.3 Å². The monoisotopic (exact) mass is 337 g/mol. The Kier molecular flexibility index (Phi) is 6.31. The molecule has 2 nitrogen and oxygen atoms in total. The number of rotatable bonds is 6. The number of hydrogen-bond acceptors (Lipinski definition) is 3. The lowest BCUT2D eigenvalue weighted by Crippen LogP contribution is -2.39. The largest absolute Gasteiger partial charge is 0.388 e. The highest BCUT2D eigenvalue weighted by atomic mass is 79.9. The Bertz CT molecular complexity index is 374. The van der Waals surface area contributed by atoms with E-state index in [0.717, 1.165) is 15.1 Å². The number of halogens is 2. The third-order valence-electron chi connectivity index (χ3n) is 2.29. The fraction of sp³-hybridized carbons (Fsp3) is 0.500. The summed E-state index contributed by atoms with van der Waals surface area (Å²) in [6, 6.07) is 5.81. The molecule has 1 aromatic carbocycles. The first-order valence-corrected chi connectivity index (χ1v) is 7.87. The lowest BCUT2D eigenvalue weighted by atomic mass is 10.1. The van der Waals surface area contributed by atoms with Crippen LogP contribution in [0.4, 0.5) is 0 Å². The van der Waals surface area contributed by atoms with Gasteiger partial charge in [-0.05, 0) is 30.9 Å². The summed E-state index contributed by atoms with van der Waals surface area (Å²) in [7, 11) is 0. The van der Waals surface area contributed by atoms with E-state index in [2.05, 4.69) is 21.2 Å². The molecule has 17 heavy (non-hydrogen) atoms. The van der Waals surface area contributed by atoms with E-state index in [1.807, 2.05) is 31.4 Å². The minimum absolute atomic E-state index is 0.556. The van der Waals surface area contributed by atoms with Crippen LogP contribution in [0.15, 0.2) is 22.7 Å². The molecular weight excluding hydrogens is 322 g/mol. The molecule has 0 heterocycles. The van der Waals surface area contributed by atoms with Gasteiger partial charge in [-0.2, -0.15) is 11.8 Å². The molecular formula is C12H17BrClNOS. The predicted molar refractivity (Wildman–Crippen MR) is 79.9 cm³/mol. The third-order valence-corrected chi connectivity index (χ3v) is 4.05. The second kappa shape index (κ2) is 7.00. The molecule has 1 aromatic rings. The maximum Gasteiger partial charge on any atom is 0.0833 e. The zero-order valence-electron chi connectivity index (χ0n) is 9.96. The van der Waals surface area contributed by atoms with Crippen molar-refractivity contribution in [3.05, 3.63) is 33.3 Å². The van der Waals surface area contributed by atoms with Gasteiger partial charge in [-0.3, -0.25) is 0 Å². The molecule has 0 aliphatic heterocycles. The molecule has 0 aliphatic carbocycles. The molecule has 1 unspecified atom stereocenters. The summed E-state index contributed by atoms with van der Waals surface area (Å²) >= 11 is 11.1. The number of hydrogen-bond donors (Lipinski definition) is 2. The van der Waals surface area contributed by atoms with Crippen LogP contribution < -0.4 is 5.32 Å². The molecule has 0 saturated heterocycles. The van der Waals surface area contributed by atoms with E-state index in [-0.39, 0.29) is 0 Å². The Labute approximate surface area is 120 Å². The first-order valence-electron chi connectivity index (χ1n) is 5.30. The summed E-state index contributed by atoms with van der Waals surface area (Å²) in [5.41, 5.74) is 0.358. The first kappa shape index (κ1) is 15.3. The highest BCUT2D eigenvalue weighted by molar-refractivity contribution is 9.10. The summed E-state index contributed by atoms with van der Waals surface area (Å²) in [5, 5.41) is 13.9. The summed E-state index contributed by atoms with van der Waals surface area (Å²) in [6.45, 7) is 3.05. The number of thioether (sulfide) groups is 1. The van der Waals surface area contributed by atoms with E-state index < -0.39 is 5.60 Å². The molecule has 5 heteroatoms. The topological polar surface area (TPSA) is 32.3 Å². The highest BCUT2D eigenvalue weighted by Crippen LogP contribution is 2.21. The molecule has 96 valence electrons. The molecule has 0 bridgehead atoms. The van der Waals surface area contributed by atoms with Gasteiger partial charge >= 0.3 is 0 Å². The van der Waals surface area contributed by atoms with Gasteiger partial charge in [0.1, 0.15) is 0 Å². The smallest absolute Gasteiger partial charge is 0.0833 e. The second-order valence-electron chi connectivity index (χ2n) is 4.27. The van der Waals surface area contributed by atoms with Crippen molar-refractivity contribution in [2.75, 3.05) is 18.6 Å². The lowest BCUT2D eigenvalue weighted by Gasteiger charge is -2.22. The van der Waals surface area contributed by atoms with Crippen molar-refractivity contribution in [3.8, 4) is 0 Å². The zero-order valence-corrected chi connectivity index (χ0v) is 13.1. The molecule has 1 atom stereocenters. The first-order chi connectivity index (χ1) is 7.94. The lowest BCUT2D eigenvalue weighted by molar-refractivity contribution is 0.0846. The van der Waals surface area contributed by atoms with Gasteiger partial charge in [0.25, 0.3) is 0 Å². The van der Waals surface area contributed by atoms with Gasteiger partial charge in [-0.1, -0.05) is 33.6 Å². The van der Waals surface area contributed by atoms with Crippen LogP contribution in [-0.2, 0) is 6.54 Å². The Morgan fingerprint density at radius 1 is 1.53 bits per heavy atom. The Morgan fingerprint density at radius 3 is 2.82 bits per heavy atom. The van der Waals surface area contributed by atoms with Crippen molar-refractivity contribution in [2.45, 2.75) is 19.1 Å². The Morgan fingerprint density at radius 2 is 2.24 bits per heavy atom. The standard InChI is InChI=1S/C12H17BrClNOS/c1-12(16,8-17-2)7-15-6-9-3-4-10(13)5-11(9)14/h3-5,15-16H,6-8H2,1-2H3. The summed E-state index contributed by atoms with van der Waals surface area (Å²) in [5.74, 6) is 0.716. The minimum Gasteiger partial charge on any atom is -0.388 e. The normalized spacial score (nSPS) is 14.6. The van der Waals surface area contributed by atoms with Crippen molar-refractivity contribution in [2.24, 2.45) is 0 Å². The van der Waals surface area contributed by atoms with Crippen LogP contribution in [0, 0.1) is 0 Å². The molecule has 0 spiro atoms. The van der Waals surface area contributed by atoms with Gasteiger partial charge in [0.2, 0.25) is 0 Å². The van der Waals surface area contributed by atoms with Crippen LogP contribution in [-0.4, -0.2) is 29.3 Å². The van der Waals surface area contributed by atoms with Crippen molar-refractivity contribution in [3.63, 3.8) is 0 Å². The fourth-order valence-electron chi connectivity index (χ4n) is 1.49. The SMILES string of the molecule is CSCC(C)(O)CNCc1ccc(Br)cc1Cl. The molecule has 0 aliphatic rings. The quantitative estimate of drug-likeness (QED) is 0.834. The van der Waals surface area contributed by atoms with Crippen LogP contribution >= 0.6 is 39.3 Å². The molecule has 0 amide bonds. The summed E-state index contributed by atoms with van der Waals surface area (Å²) in [6.07, 6.45) is 1.99. The van der Waals surface area contributed by atoms with E-state index in [9.17, 15) is 5.11 Å². The zero-order chi connectivity index (χ0) is 12.9. The van der Waals surface area contributed by atoms with Crippen LogP contribution in [0.3, 0.4) is 0 Å². The maximum atomic E-state index is 9.98. The average molecular weight is 339 g/mol. The van der Waals surface area contributed by atoms with Crippen LogP contribution in [0.1, 0.15) is 12.5 Å². The van der Waals surface area contributed by atoms with Crippen LogP contribution in [0.25, 0.3) is 0 Å². The molecule has 2 N–H and O–H groups in total. The summed E-state index contributed by atoms with van der Waals surface area (Å²) < 4.78 is 0.973. The highest BCUT2D eigenvalue weighted by Gasteiger charge is 2.18. The molecule has 0 aromatic heterocycles. The molecule has 0 saturated carbocycles. The van der Waals surface area contributed by atoms with Crippen molar-refractivity contribution >= 4 is 39.3 Å². The van der Waals surface area contributed by atoms with Crippen molar-refractivity contribution < 1.29 is 5.11 Å². The van der Waals surface area contributed by atoms with E-state index >= 15 is 0 Å². The third kappa shape index (κ3) is 5.62. The second-order valence-corrected chi connectivity index (χ2v) is 6.46. The van der Waals surface area contributed by atoms with Gasteiger partial charge in [-0.15, -0.1) is 0 Å².